The fourth-order valence-electron chi connectivity index (χ4n) is 4.11. The van der Waals surface area contributed by atoms with Crippen LogP contribution in [0.15, 0.2) is 12.4 Å². The molecule has 0 radical (unpaired) electrons. The lowest BCUT2D eigenvalue weighted by atomic mass is 9.93. The van der Waals surface area contributed by atoms with Gasteiger partial charge in [-0.25, -0.2) is 9.67 Å². The molecule has 0 spiro atoms. The van der Waals surface area contributed by atoms with Crippen molar-refractivity contribution in [1.82, 2.24) is 25.0 Å². The second-order valence-electron chi connectivity index (χ2n) is 8.28. The van der Waals surface area contributed by atoms with Gasteiger partial charge < -0.3 is 15.5 Å². The quantitative estimate of drug-likeness (QED) is 0.822. The number of carbonyl (C=O) groups is 2. The maximum absolute atomic E-state index is 13.2. The molecule has 4 heterocycles. The van der Waals surface area contributed by atoms with E-state index < -0.39 is 0 Å². The van der Waals surface area contributed by atoms with Crippen LogP contribution in [0.3, 0.4) is 0 Å². The number of likely N-dealkylation sites (tertiary alicyclic amines) is 1. The Morgan fingerprint density at radius 3 is 2.82 bits per heavy atom. The number of aromatic nitrogens is 3. The summed E-state index contributed by atoms with van der Waals surface area (Å²) in [6.07, 6.45) is 5.16. The van der Waals surface area contributed by atoms with E-state index in [9.17, 15) is 9.59 Å². The molecule has 2 aromatic rings. The number of anilines is 1. The molecule has 0 aromatic carbocycles. The average Bonchev–Trinajstić information content (AvgIpc) is 3.32. The fourth-order valence-corrected chi connectivity index (χ4v) is 4.93. The normalized spacial score (nSPS) is 23.2. The molecule has 2 aromatic heterocycles. The van der Waals surface area contributed by atoms with Crippen molar-refractivity contribution in [2.75, 3.05) is 18.4 Å². The van der Waals surface area contributed by atoms with E-state index in [0.29, 0.717) is 18.7 Å². The molecule has 2 amide bonds. The Bertz CT molecular complexity index is 917. The van der Waals surface area contributed by atoms with Crippen LogP contribution >= 0.6 is 11.3 Å². The van der Waals surface area contributed by atoms with E-state index >= 15 is 0 Å². The van der Waals surface area contributed by atoms with Gasteiger partial charge in [0.2, 0.25) is 5.91 Å². The van der Waals surface area contributed by atoms with Crippen molar-refractivity contribution >= 4 is 29.0 Å². The number of hydrogen-bond donors (Lipinski definition) is 2. The summed E-state index contributed by atoms with van der Waals surface area (Å²) in [6.45, 7) is 8.98. The second kappa shape index (κ2) is 6.88. The summed E-state index contributed by atoms with van der Waals surface area (Å²) in [7, 11) is 0. The highest BCUT2D eigenvalue weighted by atomic mass is 32.1. The van der Waals surface area contributed by atoms with Crippen molar-refractivity contribution in [2.24, 2.45) is 0 Å². The molecule has 0 aliphatic carbocycles. The molecule has 1 saturated heterocycles. The third-order valence-corrected chi connectivity index (χ3v) is 6.43. The lowest BCUT2D eigenvalue weighted by molar-refractivity contribution is -0.119. The molecular formula is C19H26N6O2S. The average molecular weight is 403 g/mol. The maximum atomic E-state index is 13.2. The van der Waals surface area contributed by atoms with Crippen LogP contribution < -0.4 is 10.6 Å². The number of aryl methyl sites for hydroxylation is 1. The van der Waals surface area contributed by atoms with E-state index in [1.54, 1.807) is 22.4 Å². The van der Waals surface area contributed by atoms with Crippen molar-refractivity contribution in [3.63, 3.8) is 0 Å². The number of nitrogens with zero attached hydrogens (tertiary/aromatic N) is 4. The van der Waals surface area contributed by atoms with Crippen LogP contribution in [0.5, 0.6) is 0 Å². The van der Waals surface area contributed by atoms with Gasteiger partial charge in [-0.3, -0.25) is 9.59 Å². The van der Waals surface area contributed by atoms with Gasteiger partial charge in [-0.05, 0) is 33.6 Å². The smallest absolute Gasteiger partial charge is 0.259 e. The summed E-state index contributed by atoms with van der Waals surface area (Å²) >= 11 is 1.68. The van der Waals surface area contributed by atoms with Gasteiger partial charge in [-0.2, -0.15) is 5.10 Å². The summed E-state index contributed by atoms with van der Waals surface area (Å²) in [4.78, 5) is 32.0. The predicted molar refractivity (Wildman–Crippen MR) is 108 cm³/mol. The Kier molecular flexibility index (Phi) is 4.65. The molecule has 2 aliphatic rings. The van der Waals surface area contributed by atoms with Crippen molar-refractivity contribution in [3.8, 4) is 0 Å². The number of rotatable bonds is 3. The molecule has 0 saturated carbocycles. The first-order valence-corrected chi connectivity index (χ1v) is 10.4. The lowest BCUT2D eigenvalue weighted by Gasteiger charge is -2.37. The molecule has 9 heteroatoms. The largest absolute Gasteiger partial charge is 0.360 e. The Balaban J connectivity index is 1.59. The van der Waals surface area contributed by atoms with Crippen LogP contribution in [0, 0.1) is 6.92 Å². The molecule has 1 fully saturated rings. The van der Waals surface area contributed by atoms with Gasteiger partial charge in [0.25, 0.3) is 5.91 Å². The summed E-state index contributed by atoms with van der Waals surface area (Å²) in [5, 5.41) is 12.0. The van der Waals surface area contributed by atoms with Gasteiger partial charge in [-0.1, -0.05) is 0 Å². The molecule has 2 aliphatic heterocycles. The van der Waals surface area contributed by atoms with Gasteiger partial charge in [0.1, 0.15) is 16.4 Å². The Morgan fingerprint density at radius 1 is 1.36 bits per heavy atom. The van der Waals surface area contributed by atoms with Crippen LogP contribution in [-0.4, -0.2) is 50.6 Å². The van der Waals surface area contributed by atoms with E-state index in [4.69, 9.17) is 0 Å². The highest BCUT2D eigenvalue weighted by Crippen LogP contribution is 2.41. The van der Waals surface area contributed by atoms with Crippen LogP contribution in [0.2, 0.25) is 0 Å². The number of amides is 2. The van der Waals surface area contributed by atoms with Crippen LogP contribution in [0.25, 0.3) is 0 Å². The molecule has 28 heavy (non-hydrogen) atoms. The first-order chi connectivity index (χ1) is 13.2. The molecule has 0 bridgehead atoms. The number of hydrogen-bond acceptors (Lipinski definition) is 6. The van der Waals surface area contributed by atoms with Crippen molar-refractivity contribution in [3.05, 3.63) is 27.8 Å². The number of fused-ring (bicyclic) bond motifs is 1. The molecule has 4 rings (SSSR count). The molecule has 2 unspecified atom stereocenters. The third kappa shape index (κ3) is 3.39. The second-order valence-corrected chi connectivity index (χ2v) is 9.54. The number of carbonyl (C=O) groups excluding carboxylic acids is 2. The molecule has 2 N–H and O–H groups in total. The minimum atomic E-state index is -0.229. The minimum absolute atomic E-state index is 0.0169. The molecule has 150 valence electrons. The zero-order chi connectivity index (χ0) is 20.1. The van der Waals surface area contributed by atoms with E-state index in [2.05, 4.69) is 34.6 Å². The fraction of sp³-hybridized carbons (Fsp3) is 0.579. The first kappa shape index (κ1) is 18.9. The molecule has 2 atom stereocenters. The van der Waals surface area contributed by atoms with E-state index in [0.717, 1.165) is 23.7 Å². The van der Waals surface area contributed by atoms with E-state index in [1.807, 2.05) is 17.8 Å². The predicted octanol–water partition coefficient (Wildman–Crippen LogP) is 2.29. The van der Waals surface area contributed by atoms with Crippen LogP contribution in [0.1, 0.15) is 59.9 Å². The summed E-state index contributed by atoms with van der Waals surface area (Å²) in [6, 6.07) is 0.0680. The standard InChI is InChI=1S/C19H26N6O2S/c1-11-8-20-17(28-11)15-7-19(3,4)25-16(23-15)14(9-21-25)18(27)24-6-5-13(10-24)22-12(2)26/h8-9,13,15,23H,5-7,10H2,1-4H3,(H,22,26). The first-order valence-electron chi connectivity index (χ1n) is 9.58. The van der Waals surface area contributed by atoms with Crippen LogP contribution in [-0.2, 0) is 10.3 Å². The number of thiazole rings is 1. The van der Waals surface area contributed by atoms with Gasteiger partial charge in [-0.15, -0.1) is 11.3 Å². The summed E-state index contributed by atoms with van der Waals surface area (Å²) in [5.74, 6) is 0.641. The monoisotopic (exact) mass is 402 g/mol. The van der Waals surface area contributed by atoms with Gasteiger partial charge in [0.05, 0.1) is 17.8 Å². The van der Waals surface area contributed by atoms with Crippen molar-refractivity contribution in [1.29, 1.82) is 0 Å². The SMILES string of the molecule is CC(=O)NC1CCN(C(=O)c2cnn3c2NC(c2ncc(C)s2)CC3(C)C)C1. The Labute approximate surface area is 168 Å². The van der Waals surface area contributed by atoms with Gasteiger partial charge in [0, 0.05) is 37.1 Å². The zero-order valence-electron chi connectivity index (χ0n) is 16.7. The highest BCUT2D eigenvalue weighted by Gasteiger charge is 2.39. The highest BCUT2D eigenvalue weighted by molar-refractivity contribution is 7.11. The minimum Gasteiger partial charge on any atom is -0.360 e. The molecule has 8 nitrogen and oxygen atoms in total. The van der Waals surface area contributed by atoms with Crippen molar-refractivity contribution < 1.29 is 9.59 Å². The van der Waals surface area contributed by atoms with Crippen LogP contribution in [0.4, 0.5) is 5.82 Å². The van der Waals surface area contributed by atoms with E-state index in [-0.39, 0.29) is 29.4 Å². The number of nitrogens with one attached hydrogen (secondary N) is 2. The molecular weight excluding hydrogens is 376 g/mol. The Hall–Kier alpha value is -2.42. The van der Waals surface area contributed by atoms with Gasteiger partial charge >= 0.3 is 0 Å². The topological polar surface area (TPSA) is 92.2 Å². The zero-order valence-corrected chi connectivity index (χ0v) is 17.5. The van der Waals surface area contributed by atoms with Crippen molar-refractivity contribution in [2.45, 2.75) is 58.2 Å². The van der Waals surface area contributed by atoms with Gasteiger partial charge in [0.15, 0.2) is 0 Å². The summed E-state index contributed by atoms with van der Waals surface area (Å²) < 4.78 is 1.92. The third-order valence-electron chi connectivity index (χ3n) is 5.41. The Morgan fingerprint density at radius 2 is 2.14 bits per heavy atom. The maximum Gasteiger partial charge on any atom is 0.259 e. The summed E-state index contributed by atoms with van der Waals surface area (Å²) in [5.41, 5.74) is 0.349. The lowest BCUT2D eigenvalue weighted by Crippen LogP contribution is -2.39. The van der Waals surface area contributed by atoms with E-state index in [1.165, 1.54) is 11.8 Å².